The topological polar surface area (TPSA) is 42.7 Å². The fourth-order valence-corrected chi connectivity index (χ4v) is 2.48. The largest absolute Gasteiger partial charge is 0.309 e. The highest BCUT2D eigenvalue weighted by molar-refractivity contribution is 9.10. The van der Waals surface area contributed by atoms with Crippen LogP contribution in [0.2, 0.25) is 5.02 Å². The van der Waals surface area contributed by atoms with Crippen LogP contribution in [0.25, 0.3) is 5.69 Å². The zero-order chi connectivity index (χ0) is 14.7. The molecule has 0 aliphatic rings. The van der Waals surface area contributed by atoms with E-state index in [1.807, 2.05) is 29.8 Å². The molecule has 0 spiro atoms. The number of aromatic nitrogens is 3. The minimum atomic E-state index is 0.189. The smallest absolute Gasteiger partial charge is 0.103 e. The SMILES string of the molecule is CCCNC(C)c1nnn(-c2ccc(Br)c(Cl)c2)c1C. The number of hydrogen-bond donors (Lipinski definition) is 1. The summed E-state index contributed by atoms with van der Waals surface area (Å²) in [6.07, 6.45) is 1.10. The van der Waals surface area contributed by atoms with Crippen LogP contribution < -0.4 is 5.32 Å². The Morgan fingerprint density at radius 1 is 1.45 bits per heavy atom. The second-order valence-electron chi connectivity index (χ2n) is 4.75. The number of benzene rings is 1. The monoisotopic (exact) mass is 356 g/mol. The summed E-state index contributed by atoms with van der Waals surface area (Å²) in [6.45, 7) is 7.24. The van der Waals surface area contributed by atoms with Gasteiger partial charge >= 0.3 is 0 Å². The van der Waals surface area contributed by atoms with Crippen molar-refractivity contribution in [1.29, 1.82) is 0 Å². The van der Waals surface area contributed by atoms with E-state index in [1.165, 1.54) is 0 Å². The summed E-state index contributed by atoms with van der Waals surface area (Å²) in [5, 5.41) is 12.6. The lowest BCUT2D eigenvalue weighted by atomic mass is 10.2. The van der Waals surface area contributed by atoms with Crippen LogP contribution in [0.4, 0.5) is 0 Å². The van der Waals surface area contributed by atoms with Crippen LogP contribution in [-0.4, -0.2) is 21.5 Å². The van der Waals surface area contributed by atoms with Crippen LogP contribution in [0.3, 0.4) is 0 Å². The molecule has 1 atom stereocenters. The predicted molar refractivity (Wildman–Crippen MR) is 85.5 cm³/mol. The van der Waals surface area contributed by atoms with E-state index < -0.39 is 0 Å². The third kappa shape index (κ3) is 3.22. The number of nitrogens with one attached hydrogen (secondary N) is 1. The lowest BCUT2D eigenvalue weighted by Crippen LogP contribution is -2.20. The Morgan fingerprint density at radius 3 is 2.85 bits per heavy atom. The van der Waals surface area contributed by atoms with Crippen molar-refractivity contribution < 1.29 is 0 Å². The van der Waals surface area contributed by atoms with E-state index in [9.17, 15) is 0 Å². The molecule has 0 saturated heterocycles. The summed E-state index contributed by atoms with van der Waals surface area (Å²) in [5.74, 6) is 0. The molecule has 0 aliphatic carbocycles. The first kappa shape index (κ1) is 15.5. The molecular weight excluding hydrogens is 340 g/mol. The average molecular weight is 358 g/mol. The Labute approximate surface area is 132 Å². The van der Waals surface area contributed by atoms with Gasteiger partial charge in [0.15, 0.2) is 0 Å². The molecule has 2 rings (SSSR count). The van der Waals surface area contributed by atoms with Crippen molar-refractivity contribution in [2.45, 2.75) is 33.2 Å². The first-order chi connectivity index (χ1) is 9.54. The lowest BCUT2D eigenvalue weighted by molar-refractivity contribution is 0.555. The molecule has 0 radical (unpaired) electrons. The van der Waals surface area contributed by atoms with Crippen molar-refractivity contribution in [2.75, 3.05) is 6.54 Å². The van der Waals surface area contributed by atoms with E-state index >= 15 is 0 Å². The molecule has 1 aromatic carbocycles. The van der Waals surface area contributed by atoms with Gasteiger partial charge in [0.25, 0.3) is 0 Å². The van der Waals surface area contributed by atoms with Gasteiger partial charge in [-0.25, -0.2) is 4.68 Å². The second-order valence-corrected chi connectivity index (χ2v) is 6.01. The standard InChI is InChI=1S/C14H18BrClN4/c1-4-7-17-9(2)14-10(3)20(19-18-14)11-5-6-12(15)13(16)8-11/h5-6,8-9,17H,4,7H2,1-3H3. The molecule has 2 aromatic rings. The van der Waals surface area contributed by atoms with Crippen molar-refractivity contribution in [2.24, 2.45) is 0 Å². The van der Waals surface area contributed by atoms with Crippen LogP contribution in [0.15, 0.2) is 22.7 Å². The van der Waals surface area contributed by atoms with E-state index in [0.29, 0.717) is 5.02 Å². The molecule has 1 aromatic heterocycles. The van der Waals surface area contributed by atoms with Gasteiger partial charge in [-0.3, -0.25) is 0 Å². The number of nitrogens with zero attached hydrogens (tertiary/aromatic N) is 3. The number of hydrogen-bond acceptors (Lipinski definition) is 3. The molecule has 108 valence electrons. The molecule has 0 fully saturated rings. The van der Waals surface area contributed by atoms with Gasteiger partial charge in [0.2, 0.25) is 0 Å². The fraction of sp³-hybridized carbons (Fsp3) is 0.429. The van der Waals surface area contributed by atoms with E-state index in [-0.39, 0.29) is 6.04 Å². The maximum Gasteiger partial charge on any atom is 0.103 e. The van der Waals surface area contributed by atoms with Gasteiger partial charge in [0.1, 0.15) is 5.69 Å². The third-order valence-corrected chi connectivity index (χ3v) is 4.42. The molecule has 20 heavy (non-hydrogen) atoms. The van der Waals surface area contributed by atoms with Crippen molar-refractivity contribution in [3.63, 3.8) is 0 Å². The molecule has 1 heterocycles. The summed E-state index contributed by atoms with van der Waals surface area (Å²) in [5.41, 5.74) is 2.91. The minimum Gasteiger partial charge on any atom is -0.309 e. The van der Waals surface area contributed by atoms with Gasteiger partial charge < -0.3 is 5.32 Å². The van der Waals surface area contributed by atoms with Crippen LogP contribution >= 0.6 is 27.5 Å². The van der Waals surface area contributed by atoms with Crippen molar-refractivity contribution in [3.8, 4) is 5.69 Å². The van der Waals surface area contributed by atoms with E-state index in [4.69, 9.17) is 11.6 Å². The molecule has 1 N–H and O–H groups in total. The molecule has 1 unspecified atom stereocenters. The third-order valence-electron chi connectivity index (χ3n) is 3.19. The first-order valence-electron chi connectivity index (χ1n) is 6.65. The van der Waals surface area contributed by atoms with Crippen LogP contribution in [0, 0.1) is 6.92 Å². The highest BCUT2D eigenvalue weighted by Crippen LogP contribution is 2.26. The van der Waals surface area contributed by atoms with E-state index in [1.54, 1.807) is 0 Å². The molecule has 4 nitrogen and oxygen atoms in total. The van der Waals surface area contributed by atoms with Gasteiger partial charge in [-0.15, -0.1) is 5.10 Å². The van der Waals surface area contributed by atoms with E-state index in [2.05, 4.69) is 45.4 Å². The van der Waals surface area contributed by atoms with Crippen LogP contribution in [-0.2, 0) is 0 Å². The van der Waals surface area contributed by atoms with Gasteiger partial charge in [0.05, 0.1) is 22.4 Å². The number of rotatable bonds is 5. The van der Waals surface area contributed by atoms with Crippen molar-refractivity contribution in [3.05, 3.63) is 39.1 Å². The molecule has 0 amide bonds. The summed E-state index contributed by atoms with van der Waals surface area (Å²) in [4.78, 5) is 0. The first-order valence-corrected chi connectivity index (χ1v) is 7.82. The molecule has 0 aliphatic heterocycles. The Bertz CT molecular complexity index is 597. The quantitative estimate of drug-likeness (QED) is 0.877. The maximum atomic E-state index is 6.13. The van der Waals surface area contributed by atoms with Crippen LogP contribution in [0.1, 0.15) is 37.7 Å². The average Bonchev–Trinajstić information content (AvgIpc) is 2.81. The Morgan fingerprint density at radius 2 is 2.20 bits per heavy atom. The molecule has 0 saturated carbocycles. The van der Waals surface area contributed by atoms with Crippen molar-refractivity contribution in [1.82, 2.24) is 20.3 Å². The lowest BCUT2D eigenvalue weighted by Gasteiger charge is -2.11. The molecular formula is C14H18BrClN4. The van der Waals surface area contributed by atoms with Gasteiger partial charge in [-0.05, 0) is 60.9 Å². The van der Waals surface area contributed by atoms with Gasteiger partial charge in [0, 0.05) is 4.47 Å². The van der Waals surface area contributed by atoms with Crippen LogP contribution in [0.5, 0.6) is 0 Å². The van der Waals surface area contributed by atoms with Crippen molar-refractivity contribution >= 4 is 27.5 Å². The normalized spacial score (nSPS) is 12.7. The van der Waals surface area contributed by atoms with Gasteiger partial charge in [-0.1, -0.05) is 23.7 Å². The maximum absolute atomic E-state index is 6.13. The fourth-order valence-electron chi connectivity index (χ4n) is 2.06. The minimum absolute atomic E-state index is 0.189. The predicted octanol–water partition coefficient (Wildman–Crippen LogP) is 4.05. The van der Waals surface area contributed by atoms with Gasteiger partial charge in [-0.2, -0.15) is 0 Å². The summed E-state index contributed by atoms with van der Waals surface area (Å²) >= 11 is 9.52. The Kier molecular flexibility index (Phi) is 5.18. The summed E-state index contributed by atoms with van der Waals surface area (Å²) < 4.78 is 2.69. The van der Waals surface area contributed by atoms with E-state index in [0.717, 1.165) is 34.5 Å². The zero-order valence-corrected chi connectivity index (χ0v) is 14.2. The molecule has 6 heteroatoms. The Balaban J connectivity index is 2.30. The molecule has 0 bridgehead atoms. The number of halogens is 2. The second kappa shape index (κ2) is 6.70. The summed E-state index contributed by atoms with van der Waals surface area (Å²) in [7, 11) is 0. The summed E-state index contributed by atoms with van der Waals surface area (Å²) in [6, 6.07) is 5.94. The highest BCUT2D eigenvalue weighted by Gasteiger charge is 2.16. The Hall–Kier alpha value is -0.910. The highest BCUT2D eigenvalue weighted by atomic mass is 79.9. The zero-order valence-electron chi connectivity index (χ0n) is 11.8.